The zero-order chi connectivity index (χ0) is 14.5. The molecule has 1 saturated heterocycles. The highest BCUT2D eigenvalue weighted by Crippen LogP contribution is 2.36. The predicted octanol–water partition coefficient (Wildman–Crippen LogP) is 2.51. The number of benzene rings is 1. The van der Waals surface area contributed by atoms with Crippen LogP contribution in [-0.2, 0) is 6.54 Å². The van der Waals surface area contributed by atoms with Crippen LogP contribution in [0.3, 0.4) is 0 Å². The largest absolute Gasteiger partial charge is 0.493 e. The summed E-state index contributed by atoms with van der Waals surface area (Å²) >= 11 is 3.53. The van der Waals surface area contributed by atoms with Crippen molar-refractivity contribution in [2.45, 2.75) is 13.0 Å². The smallest absolute Gasteiger partial charge is 0.174 e. The maximum absolute atomic E-state index is 5.36. The Morgan fingerprint density at radius 2 is 2.15 bits per heavy atom. The predicted molar refractivity (Wildman–Crippen MR) is 84.6 cm³/mol. The average molecular weight is 343 g/mol. The first-order valence-corrected chi connectivity index (χ1v) is 7.73. The van der Waals surface area contributed by atoms with Crippen molar-refractivity contribution in [1.29, 1.82) is 0 Å². The number of nitrogens with zero attached hydrogens (tertiary/aromatic N) is 1. The average Bonchev–Trinajstić information content (AvgIpc) is 2.83. The third-order valence-electron chi connectivity index (χ3n) is 3.74. The third-order valence-corrected chi connectivity index (χ3v) is 4.33. The van der Waals surface area contributed by atoms with Gasteiger partial charge in [-0.05, 0) is 66.1 Å². The van der Waals surface area contributed by atoms with Gasteiger partial charge in [0.15, 0.2) is 11.5 Å². The molecule has 1 aromatic rings. The fourth-order valence-corrected chi connectivity index (χ4v) is 3.34. The summed E-state index contributed by atoms with van der Waals surface area (Å²) in [6, 6.07) is 4.10. The molecule has 1 fully saturated rings. The Morgan fingerprint density at radius 1 is 1.35 bits per heavy atom. The maximum Gasteiger partial charge on any atom is 0.174 e. The van der Waals surface area contributed by atoms with Crippen LogP contribution in [0.15, 0.2) is 16.6 Å². The van der Waals surface area contributed by atoms with E-state index in [4.69, 9.17) is 9.47 Å². The third kappa shape index (κ3) is 3.87. The van der Waals surface area contributed by atoms with E-state index in [1.165, 1.54) is 25.1 Å². The van der Waals surface area contributed by atoms with Crippen molar-refractivity contribution in [1.82, 2.24) is 10.2 Å². The van der Waals surface area contributed by atoms with Crippen LogP contribution in [0.2, 0.25) is 0 Å². The first-order chi connectivity index (χ1) is 9.63. The number of hydrogen-bond donors (Lipinski definition) is 1. The van der Waals surface area contributed by atoms with E-state index >= 15 is 0 Å². The molecule has 1 atom stereocenters. The van der Waals surface area contributed by atoms with E-state index in [2.05, 4.69) is 39.3 Å². The van der Waals surface area contributed by atoms with Gasteiger partial charge in [0.2, 0.25) is 0 Å². The molecule has 2 rings (SSSR count). The Hall–Kier alpha value is -0.780. The SMILES string of the molecule is COc1cc(CNCC2CCN(C)C2)cc(Br)c1OC. The Kier molecular flexibility index (Phi) is 5.69. The molecule has 0 bridgehead atoms. The molecule has 1 heterocycles. The zero-order valence-corrected chi connectivity index (χ0v) is 14.0. The van der Waals surface area contributed by atoms with Crippen molar-refractivity contribution in [3.05, 3.63) is 22.2 Å². The van der Waals surface area contributed by atoms with Crippen molar-refractivity contribution < 1.29 is 9.47 Å². The second-order valence-electron chi connectivity index (χ2n) is 5.36. The Bertz CT molecular complexity index is 454. The Morgan fingerprint density at radius 3 is 2.75 bits per heavy atom. The number of nitrogens with one attached hydrogen (secondary N) is 1. The molecule has 1 aromatic carbocycles. The maximum atomic E-state index is 5.36. The van der Waals surface area contributed by atoms with Gasteiger partial charge < -0.3 is 19.7 Å². The van der Waals surface area contributed by atoms with Gasteiger partial charge in [0.25, 0.3) is 0 Å². The van der Waals surface area contributed by atoms with Crippen LogP contribution in [0, 0.1) is 5.92 Å². The van der Waals surface area contributed by atoms with E-state index in [9.17, 15) is 0 Å². The van der Waals surface area contributed by atoms with Crippen LogP contribution in [0.1, 0.15) is 12.0 Å². The summed E-state index contributed by atoms with van der Waals surface area (Å²) in [6.07, 6.45) is 1.29. The minimum Gasteiger partial charge on any atom is -0.493 e. The van der Waals surface area contributed by atoms with E-state index in [1.54, 1.807) is 14.2 Å². The summed E-state index contributed by atoms with van der Waals surface area (Å²) in [7, 11) is 5.50. The molecular formula is C15H23BrN2O2. The fourth-order valence-electron chi connectivity index (χ4n) is 2.69. The lowest BCUT2D eigenvalue weighted by molar-refractivity contribution is 0.352. The highest BCUT2D eigenvalue weighted by atomic mass is 79.9. The van der Waals surface area contributed by atoms with Crippen molar-refractivity contribution in [3.8, 4) is 11.5 Å². The highest BCUT2D eigenvalue weighted by Gasteiger charge is 2.18. The minimum absolute atomic E-state index is 0.744. The molecule has 0 amide bonds. The molecule has 1 unspecified atom stereocenters. The van der Waals surface area contributed by atoms with Crippen molar-refractivity contribution in [2.75, 3.05) is 40.9 Å². The van der Waals surface area contributed by atoms with Crippen LogP contribution in [0.5, 0.6) is 11.5 Å². The first-order valence-electron chi connectivity index (χ1n) is 6.93. The lowest BCUT2D eigenvalue weighted by Crippen LogP contribution is -2.24. The van der Waals surface area contributed by atoms with E-state index in [1.807, 2.05) is 6.07 Å². The summed E-state index contributed by atoms with van der Waals surface area (Å²) in [6.45, 7) is 4.33. The molecule has 20 heavy (non-hydrogen) atoms. The van der Waals surface area contributed by atoms with Crippen LogP contribution < -0.4 is 14.8 Å². The Balaban J connectivity index is 1.91. The number of likely N-dealkylation sites (tertiary alicyclic amines) is 1. The summed E-state index contributed by atoms with van der Waals surface area (Å²) < 4.78 is 11.6. The van der Waals surface area contributed by atoms with E-state index in [-0.39, 0.29) is 0 Å². The summed E-state index contributed by atoms with van der Waals surface area (Å²) in [4.78, 5) is 2.39. The molecule has 0 spiro atoms. The van der Waals surface area contributed by atoms with Crippen LogP contribution in [0.25, 0.3) is 0 Å². The number of methoxy groups -OCH3 is 2. The molecule has 0 saturated carbocycles. The molecule has 1 N–H and O–H groups in total. The zero-order valence-electron chi connectivity index (χ0n) is 12.4. The van der Waals surface area contributed by atoms with Gasteiger partial charge >= 0.3 is 0 Å². The van der Waals surface area contributed by atoms with E-state index in [0.29, 0.717) is 0 Å². The second-order valence-corrected chi connectivity index (χ2v) is 6.22. The van der Waals surface area contributed by atoms with E-state index in [0.717, 1.165) is 35.0 Å². The molecule has 0 aromatic heterocycles. The van der Waals surface area contributed by atoms with Gasteiger partial charge in [-0.2, -0.15) is 0 Å². The van der Waals surface area contributed by atoms with Gasteiger partial charge in [-0.3, -0.25) is 0 Å². The number of halogens is 1. The molecule has 1 aliphatic rings. The molecule has 112 valence electrons. The summed E-state index contributed by atoms with van der Waals surface area (Å²) in [5.41, 5.74) is 1.20. The summed E-state index contributed by atoms with van der Waals surface area (Å²) in [5, 5.41) is 3.54. The van der Waals surface area contributed by atoms with Gasteiger partial charge in [0, 0.05) is 13.1 Å². The van der Waals surface area contributed by atoms with E-state index < -0.39 is 0 Å². The van der Waals surface area contributed by atoms with Crippen LogP contribution in [0.4, 0.5) is 0 Å². The first kappa shape index (κ1) is 15.6. The quantitative estimate of drug-likeness (QED) is 0.861. The molecule has 0 aliphatic carbocycles. The fraction of sp³-hybridized carbons (Fsp3) is 0.600. The monoisotopic (exact) mass is 342 g/mol. The molecule has 4 nitrogen and oxygen atoms in total. The Labute approximate surface area is 129 Å². The summed E-state index contributed by atoms with van der Waals surface area (Å²) in [5.74, 6) is 2.27. The number of hydrogen-bond acceptors (Lipinski definition) is 4. The normalized spacial score (nSPS) is 19.3. The van der Waals surface area contributed by atoms with Crippen LogP contribution >= 0.6 is 15.9 Å². The topological polar surface area (TPSA) is 33.7 Å². The standard InChI is InChI=1S/C15H23BrN2O2/c1-18-5-4-11(10-18)8-17-9-12-6-13(16)15(20-3)14(7-12)19-2/h6-7,11,17H,4-5,8-10H2,1-3H3. The molecule has 5 heteroatoms. The van der Waals surface area contributed by atoms with Gasteiger partial charge in [0.05, 0.1) is 18.7 Å². The lowest BCUT2D eigenvalue weighted by atomic mass is 10.1. The van der Waals surface area contributed by atoms with Crippen molar-refractivity contribution >= 4 is 15.9 Å². The highest BCUT2D eigenvalue weighted by molar-refractivity contribution is 9.10. The number of rotatable bonds is 6. The van der Waals surface area contributed by atoms with Gasteiger partial charge in [-0.25, -0.2) is 0 Å². The minimum atomic E-state index is 0.744. The molecular weight excluding hydrogens is 320 g/mol. The molecule has 1 aliphatic heterocycles. The van der Waals surface area contributed by atoms with Crippen LogP contribution in [-0.4, -0.2) is 45.8 Å². The molecule has 0 radical (unpaired) electrons. The van der Waals surface area contributed by atoms with Crippen molar-refractivity contribution in [2.24, 2.45) is 5.92 Å². The van der Waals surface area contributed by atoms with Gasteiger partial charge in [-0.15, -0.1) is 0 Å². The van der Waals surface area contributed by atoms with Gasteiger partial charge in [-0.1, -0.05) is 0 Å². The van der Waals surface area contributed by atoms with Crippen molar-refractivity contribution in [3.63, 3.8) is 0 Å². The second kappa shape index (κ2) is 7.29. The van der Waals surface area contributed by atoms with Gasteiger partial charge in [0.1, 0.15) is 0 Å². The number of ether oxygens (including phenoxy) is 2. The lowest BCUT2D eigenvalue weighted by Gasteiger charge is -2.14.